The molecule has 0 bridgehead atoms. The van der Waals surface area contributed by atoms with Crippen LogP contribution in [0.3, 0.4) is 0 Å². The van der Waals surface area contributed by atoms with Gasteiger partial charge in [0.25, 0.3) is 0 Å². The van der Waals surface area contributed by atoms with Gasteiger partial charge in [0, 0.05) is 6.54 Å². The molecular formula is C7H9F3N2O3. The lowest BCUT2D eigenvalue weighted by Crippen LogP contribution is -2.43. The van der Waals surface area contributed by atoms with Crippen LogP contribution in [-0.2, 0) is 4.79 Å². The van der Waals surface area contributed by atoms with Crippen LogP contribution in [0, 0.1) is 0 Å². The highest BCUT2D eigenvalue weighted by Crippen LogP contribution is 2.20. The highest BCUT2D eigenvalue weighted by Gasteiger charge is 2.39. The van der Waals surface area contributed by atoms with Crippen molar-refractivity contribution < 1.29 is 27.9 Å². The molecule has 2 amide bonds. The van der Waals surface area contributed by atoms with Crippen molar-refractivity contribution in [3.05, 3.63) is 0 Å². The van der Waals surface area contributed by atoms with Crippen LogP contribution >= 0.6 is 0 Å². The summed E-state index contributed by atoms with van der Waals surface area (Å²) in [6, 6.07) is -1.05. The molecule has 8 heteroatoms. The Labute approximate surface area is 82.8 Å². The van der Waals surface area contributed by atoms with Gasteiger partial charge >= 0.3 is 12.3 Å². The first-order valence-electron chi connectivity index (χ1n) is 4.14. The molecule has 15 heavy (non-hydrogen) atoms. The zero-order valence-electron chi connectivity index (χ0n) is 7.54. The lowest BCUT2D eigenvalue weighted by molar-refractivity contribution is -0.157. The molecule has 1 rings (SSSR count). The number of alkyl halides is 3. The molecule has 1 atom stereocenters. The first kappa shape index (κ1) is 11.6. The molecule has 1 unspecified atom stereocenters. The van der Waals surface area contributed by atoms with Gasteiger partial charge in [-0.2, -0.15) is 13.2 Å². The van der Waals surface area contributed by atoms with Crippen molar-refractivity contribution in [3.63, 3.8) is 0 Å². The van der Waals surface area contributed by atoms with Crippen molar-refractivity contribution in [1.82, 2.24) is 10.2 Å². The average molecular weight is 226 g/mol. The SMILES string of the molecule is O=C(O)NC1CCN(CC(F)(F)F)C1=O. The molecule has 1 aliphatic heterocycles. The third-order valence-electron chi connectivity index (χ3n) is 1.97. The predicted octanol–water partition coefficient (Wildman–Crippen LogP) is 0.417. The maximum atomic E-state index is 11.9. The Kier molecular flexibility index (Phi) is 3.06. The van der Waals surface area contributed by atoms with Gasteiger partial charge in [-0.25, -0.2) is 4.79 Å². The van der Waals surface area contributed by atoms with E-state index >= 15 is 0 Å². The van der Waals surface area contributed by atoms with Gasteiger partial charge in [0.15, 0.2) is 0 Å². The van der Waals surface area contributed by atoms with Crippen molar-refractivity contribution in [2.75, 3.05) is 13.1 Å². The predicted molar refractivity (Wildman–Crippen MR) is 42.2 cm³/mol. The fourth-order valence-electron chi connectivity index (χ4n) is 1.40. The molecule has 0 aromatic rings. The molecule has 1 heterocycles. The summed E-state index contributed by atoms with van der Waals surface area (Å²) in [7, 11) is 0. The Morgan fingerprint density at radius 3 is 2.67 bits per heavy atom. The number of amides is 2. The second-order valence-corrected chi connectivity index (χ2v) is 3.17. The smallest absolute Gasteiger partial charge is 0.406 e. The van der Waals surface area contributed by atoms with Crippen LogP contribution in [0.4, 0.5) is 18.0 Å². The largest absolute Gasteiger partial charge is 0.465 e. The number of hydrogen-bond acceptors (Lipinski definition) is 2. The normalized spacial score (nSPS) is 21.9. The Bertz CT molecular complexity index is 279. The fraction of sp³-hybridized carbons (Fsp3) is 0.714. The number of hydrogen-bond donors (Lipinski definition) is 2. The van der Waals surface area contributed by atoms with Gasteiger partial charge in [-0.3, -0.25) is 4.79 Å². The quantitative estimate of drug-likeness (QED) is 0.716. The summed E-state index contributed by atoms with van der Waals surface area (Å²) in [6.45, 7) is -1.41. The summed E-state index contributed by atoms with van der Waals surface area (Å²) in [4.78, 5) is 22.0. The number of rotatable bonds is 2. The van der Waals surface area contributed by atoms with E-state index in [4.69, 9.17) is 5.11 Å². The molecular weight excluding hydrogens is 217 g/mol. The molecule has 2 N–H and O–H groups in total. The van der Waals surface area contributed by atoms with Gasteiger partial charge in [-0.1, -0.05) is 0 Å². The number of halogens is 3. The zero-order chi connectivity index (χ0) is 11.6. The molecule has 86 valence electrons. The summed E-state index contributed by atoms with van der Waals surface area (Å²) >= 11 is 0. The lowest BCUT2D eigenvalue weighted by atomic mass is 10.2. The summed E-state index contributed by atoms with van der Waals surface area (Å²) in [6.07, 6.45) is -5.79. The second-order valence-electron chi connectivity index (χ2n) is 3.17. The Morgan fingerprint density at radius 2 is 2.20 bits per heavy atom. The van der Waals surface area contributed by atoms with Crippen molar-refractivity contribution in [1.29, 1.82) is 0 Å². The molecule has 0 aromatic heterocycles. The maximum absolute atomic E-state index is 11.9. The average Bonchev–Trinajstić information content (AvgIpc) is 2.32. The lowest BCUT2D eigenvalue weighted by Gasteiger charge is -2.18. The summed E-state index contributed by atoms with van der Waals surface area (Å²) in [5.74, 6) is -0.824. The minimum absolute atomic E-state index is 0.0706. The number of likely N-dealkylation sites (tertiary alicyclic amines) is 1. The first-order chi connectivity index (χ1) is 6.79. The minimum Gasteiger partial charge on any atom is -0.465 e. The Morgan fingerprint density at radius 1 is 1.60 bits per heavy atom. The number of carbonyl (C=O) groups excluding carboxylic acids is 1. The monoisotopic (exact) mass is 226 g/mol. The van der Waals surface area contributed by atoms with E-state index in [9.17, 15) is 22.8 Å². The third-order valence-corrected chi connectivity index (χ3v) is 1.97. The molecule has 5 nitrogen and oxygen atoms in total. The van der Waals surface area contributed by atoms with Gasteiger partial charge in [0.05, 0.1) is 0 Å². The van der Waals surface area contributed by atoms with Crippen LogP contribution in [0.25, 0.3) is 0 Å². The topological polar surface area (TPSA) is 69.6 Å². The number of nitrogens with one attached hydrogen (secondary N) is 1. The van der Waals surface area contributed by atoms with Gasteiger partial charge in [0.1, 0.15) is 12.6 Å². The van der Waals surface area contributed by atoms with Gasteiger partial charge < -0.3 is 15.3 Å². The van der Waals surface area contributed by atoms with Crippen LogP contribution in [0.5, 0.6) is 0 Å². The number of carbonyl (C=O) groups is 2. The molecule has 0 radical (unpaired) electrons. The fourth-order valence-corrected chi connectivity index (χ4v) is 1.40. The van der Waals surface area contributed by atoms with E-state index in [2.05, 4.69) is 0 Å². The van der Waals surface area contributed by atoms with Crippen molar-refractivity contribution in [2.24, 2.45) is 0 Å². The van der Waals surface area contributed by atoms with E-state index in [-0.39, 0.29) is 13.0 Å². The number of nitrogens with zero attached hydrogens (tertiary/aromatic N) is 1. The van der Waals surface area contributed by atoms with Gasteiger partial charge in [0.2, 0.25) is 5.91 Å². The van der Waals surface area contributed by atoms with Crippen LogP contribution in [-0.4, -0.2) is 47.3 Å². The van der Waals surface area contributed by atoms with Gasteiger partial charge in [-0.05, 0) is 6.42 Å². The highest BCUT2D eigenvalue weighted by molar-refractivity contribution is 5.87. The Balaban J connectivity index is 2.53. The van der Waals surface area contributed by atoms with E-state index in [1.807, 2.05) is 5.32 Å². The summed E-state index contributed by atoms with van der Waals surface area (Å²) < 4.78 is 35.8. The molecule has 1 fully saturated rings. The van der Waals surface area contributed by atoms with Crippen LogP contribution < -0.4 is 5.32 Å². The highest BCUT2D eigenvalue weighted by atomic mass is 19.4. The maximum Gasteiger partial charge on any atom is 0.406 e. The second kappa shape index (κ2) is 3.95. The number of carboxylic acid groups (broad SMARTS) is 1. The van der Waals surface area contributed by atoms with Crippen LogP contribution in [0.1, 0.15) is 6.42 Å². The molecule has 0 aromatic carbocycles. The molecule has 1 saturated heterocycles. The van der Waals surface area contributed by atoms with E-state index < -0.39 is 30.8 Å². The summed E-state index contributed by atoms with van der Waals surface area (Å²) in [5.41, 5.74) is 0. The molecule has 0 aliphatic carbocycles. The summed E-state index contributed by atoms with van der Waals surface area (Å²) in [5, 5.41) is 10.2. The standard InChI is InChI=1S/C7H9F3N2O3/c8-7(9,10)3-12-2-1-4(5(12)13)11-6(14)15/h4,11H,1-3H2,(H,14,15). The van der Waals surface area contributed by atoms with E-state index in [1.54, 1.807) is 0 Å². The van der Waals surface area contributed by atoms with Crippen LogP contribution in [0.2, 0.25) is 0 Å². The zero-order valence-corrected chi connectivity index (χ0v) is 7.54. The Hall–Kier alpha value is -1.47. The first-order valence-corrected chi connectivity index (χ1v) is 4.14. The van der Waals surface area contributed by atoms with Crippen LogP contribution in [0.15, 0.2) is 0 Å². The molecule has 0 spiro atoms. The molecule has 1 aliphatic rings. The van der Waals surface area contributed by atoms with E-state index in [1.165, 1.54) is 0 Å². The van der Waals surface area contributed by atoms with Crippen molar-refractivity contribution >= 4 is 12.0 Å². The van der Waals surface area contributed by atoms with Crippen molar-refractivity contribution in [2.45, 2.75) is 18.6 Å². The molecule has 0 saturated carbocycles. The van der Waals surface area contributed by atoms with E-state index in [0.717, 1.165) is 0 Å². The third kappa shape index (κ3) is 3.30. The van der Waals surface area contributed by atoms with Gasteiger partial charge in [-0.15, -0.1) is 0 Å². The minimum atomic E-state index is -4.45. The van der Waals surface area contributed by atoms with Crippen molar-refractivity contribution in [3.8, 4) is 0 Å². The van der Waals surface area contributed by atoms with E-state index in [0.29, 0.717) is 4.90 Å².